The Morgan fingerprint density at radius 1 is 1.21 bits per heavy atom. The van der Waals surface area contributed by atoms with Crippen molar-refractivity contribution in [2.75, 3.05) is 27.2 Å². The largest absolute Gasteiger partial charge is 0.462 e. The van der Waals surface area contributed by atoms with Crippen molar-refractivity contribution in [3.05, 3.63) is 65.6 Å². The number of nitrogens with two attached hydrogens (primary N) is 1. The Labute approximate surface area is 205 Å². The highest BCUT2D eigenvalue weighted by Crippen LogP contribution is 2.37. The molecule has 3 aromatic rings. The van der Waals surface area contributed by atoms with Crippen LogP contribution in [0, 0.1) is 6.92 Å². The van der Waals surface area contributed by atoms with Gasteiger partial charge in [-0.25, -0.2) is 21.9 Å². The highest BCUT2D eigenvalue weighted by atomic mass is 35.5. The maximum Gasteiger partial charge on any atom is 0.338 e. The molecule has 10 heteroatoms. The maximum absolute atomic E-state index is 14.4. The normalized spacial score (nSPS) is 12.1. The second-order valence-electron chi connectivity index (χ2n) is 7.70. The van der Waals surface area contributed by atoms with E-state index < -0.39 is 21.8 Å². The van der Waals surface area contributed by atoms with Crippen molar-refractivity contribution in [3.63, 3.8) is 0 Å². The van der Waals surface area contributed by atoms with Crippen molar-refractivity contribution in [2.45, 2.75) is 25.3 Å². The van der Waals surface area contributed by atoms with Gasteiger partial charge in [-0.1, -0.05) is 12.1 Å². The molecule has 0 unspecified atom stereocenters. The molecule has 0 atom stereocenters. The molecule has 184 valence electrons. The number of carbonyl (C=O) groups is 1. The molecule has 0 fully saturated rings. The van der Waals surface area contributed by atoms with Crippen molar-refractivity contribution in [1.29, 1.82) is 0 Å². The van der Waals surface area contributed by atoms with E-state index in [0.29, 0.717) is 27.6 Å². The van der Waals surface area contributed by atoms with E-state index >= 15 is 0 Å². The minimum Gasteiger partial charge on any atom is -0.462 e. The van der Waals surface area contributed by atoms with E-state index in [1.807, 2.05) is 13.0 Å². The molecule has 7 nitrogen and oxygen atoms in total. The van der Waals surface area contributed by atoms with Crippen LogP contribution in [-0.4, -0.2) is 50.5 Å². The first-order chi connectivity index (χ1) is 15.6. The number of allylic oxidation sites excluding steroid dienone is 1. The van der Waals surface area contributed by atoms with Gasteiger partial charge in [0.2, 0.25) is 10.0 Å². The van der Waals surface area contributed by atoms with E-state index in [2.05, 4.69) is 0 Å². The third-order valence-corrected chi connectivity index (χ3v) is 7.20. The molecule has 0 aliphatic carbocycles. The lowest BCUT2D eigenvalue weighted by molar-refractivity contribution is 0.0526. The number of hydrogen-bond acceptors (Lipinski definition) is 5. The Hall–Kier alpha value is -2.72. The number of fused-ring (bicyclic) bond motifs is 1. The van der Waals surface area contributed by atoms with E-state index in [1.54, 1.807) is 41.8 Å². The van der Waals surface area contributed by atoms with Gasteiger partial charge in [-0.15, -0.1) is 12.4 Å². The van der Waals surface area contributed by atoms with Gasteiger partial charge in [0.15, 0.2) is 0 Å². The van der Waals surface area contributed by atoms with Crippen LogP contribution in [0.2, 0.25) is 0 Å². The summed E-state index contributed by atoms with van der Waals surface area (Å²) in [7, 11) is -0.754. The molecule has 1 heterocycles. The van der Waals surface area contributed by atoms with Crippen molar-refractivity contribution in [1.82, 2.24) is 8.87 Å². The number of ether oxygens (including phenoxy) is 1. The Morgan fingerprint density at radius 2 is 1.91 bits per heavy atom. The summed E-state index contributed by atoms with van der Waals surface area (Å²) in [4.78, 5) is 12.4. The zero-order chi connectivity index (χ0) is 24.3. The maximum atomic E-state index is 14.4. The highest BCUT2D eigenvalue weighted by molar-refractivity contribution is 7.89. The van der Waals surface area contributed by atoms with Crippen LogP contribution in [0.15, 0.2) is 59.3 Å². The molecule has 0 saturated carbocycles. The number of esters is 1. The summed E-state index contributed by atoms with van der Waals surface area (Å²) >= 11 is 0. The van der Waals surface area contributed by atoms with E-state index in [9.17, 15) is 17.6 Å². The van der Waals surface area contributed by atoms with Gasteiger partial charge in [-0.05, 0) is 55.8 Å². The van der Waals surface area contributed by atoms with Crippen molar-refractivity contribution in [3.8, 4) is 11.1 Å². The van der Waals surface area contributed by atoms with Gasteiger partial charge in [0, 0.05) is 42.8 Å². The number of benzene rings is 2. The zero-order valence-electron chi connectivity index (χ0n) is 19.5. The molecule has 0 saturated heterocycles. The predicted molar refractivity (Wildman–Crippen MR) is 134 cm³/mol. The van der Waals surface area contributed by atoms with Gasteiger partial charge < -0.3 is 15.0 Å². The SMILES string of the molecule is CCOC(=O)c1cccc(-c2c(C)n(C/C(F)=C/CN)c3ccc(S(=O)(=O)N(C)C)cc23)c1.Cl. The fourth-order valence-electron chi connectivity index (χ4n) is 3.76. The van der Waals surface area contributed by atoms with Crippen LogP contribution >= 0.6 is 12.4 Å². The predicted octanol–water partition coefficient (Wildman–Crippen LogP) is 4.28. The second kappa shape index (κ2) is 11.1. The van der Waals surface area contributed by atoms with Crippen LogP contribution in [0.5, 0.6) is 0 Å². The fourth-order valence-corrected chi connectivity index (χ4v) is 4.69. The lowest BCUT2D eigenvalue weighted by atomic mass is 10.00. The molecular weight excluding hydrogens is 481 g/mol. The minimum atomic E-state index is -3.68. The van der Waals surface area contributed by atoms with Crippen molar-refractivity contribution < 1.29 is 22.3 Å². The van der Waals surface area contributed by atoms with Crippen LogP contribution in [0.4, 0.5) is 4.39 Å². The molecule has 2 aromatic carbocycles. The van der Waals surface area contributed by atoms with Crippen LogP contribution < -0.4 is 5.73 Å². The number of rotatable bonds is 8. The number of nitrogens with zero attached hydrogens (tertiary/aromatic N) is 2. The van der Waals surface area contributed by atoms with Gasteiger partial charge >= 0.3 is 5.97 Å². The van der Waals surface area contributed by atoms with E-state index in [4.69, 9.17) is 10.5 Å². The Balaban J connectivity index is 0.00000408. The van der Waals surface area contributed by atoms with Crippen molar-refractivity contribution >= 4 is 39.3 Å². The monoisotopic (exact) mass is 509 g/mol. The third-order valence-electron chi connectivity index (χ3n) is 5.38. The van der Waals surface area contributed by atoms with Crippen molar-refractivity contribution in [2.24, 2.45) is 5.73 Å². The lowest BCUT2D eigenvalue weighted by Crippen LogP contribution is -2.22. The molecule has 0 aliphatic heterocycles. The van der Waals surface area contributed by atoms with Crippen LogP contribution in [-0.2, 0) is 21.3 Å². The third kappa shape index (κ3) is 5.33. The second-order valence-corrected chi connectivity index (χ2v) is 9.85. The van der Waals surface area contributed by atoms with Gasteiger partial charge in [0.05, 0.1) is 23.6 Å². The van der Waals surface area contributed by atoms with Gasteiger partial charge in [-0.3, -0.25) is 0 Å². The molecule has 0 amide bonds. The topological polar surface area (TPSA) is 94.6 Å². The first kappa shape index (κ1) is 27.5. The Morgan fingerprint density at radius 3 is 2.53 bits per heavy atom. The molecule has 1 aromatic heterocycles. The van der Waals surface area contributed by atoms with E-state index in [-0.39, 0.29) is 37.0 Å². The first-order valence-corrected chi connectivity index (χ1v) is 11.9. The summed E-state index contributed by atoms with van der Waals surface area (Å²) in [6.45, 7) is 3.85. The summed E-state index contributed by atoms with van der Waals surface area (Å²) in [6, 6.07) is 11.7. The number of halogens is 2. The smallest absolute Gasteiger partial charge is 0.338 e. The van der Waals surface area contributed by atoms with Crippen LogP contribution in [0.25, 0.3) is 22.0 Å². The highest BCUT2D eigenvalue weighted by Gasteiger charge is 2.22. The Bertz CT molecular complexity index is 1330. The fraction of sp³-hybridized carbons (Fsp3) is 0.292. The van der Waals surface area contributed by atoms with Gasteiger partial charge in [0.25, 0.3) is 0 Å². The minimum absolute atomic E-state index is 0. The molecule has 34 heavy (non-hydrogen) atoms. The summed E-state index contributed by atoms with van der Waals surface area (Å²) in [6.07, 6.45) is 1.30. The quantitative estimate of drug-likeness (QED) is 0.457. The number of sulfonamides is 1. The molecule has 0 aliphatic rings. The molecule has 0 spiro atoms. The average Bonchev–Trinajstić information content (AvgIpc) is 3.04. The number of hydrogen-bond donors (Lipinski definition) is 1. The summed E-state index contributed by atoms with van der Waals surface area (Å²) in [5.41, 5.74) is 8.64. The standard InChI is InChI=1S/C24H28FN3O4S.ClH/c1-5-32-24(29)18-8-6-7-17(13-18)23-16(2)28(15-19(25)11-12-26)22-10-9-20(14-21(22)23)33(30,31)27(3)4;/h6-11,13-14H,5,12,15,26H2,1-4H3;1H/b19-11-;. The van der Waals surface area contributed by atoms with Crippen LogP contribution in [0.1, 0.15) is 23.0 Å². The summed E-state index contributed by atoms with van der Waals surface area (Å²) < 4.78 is 48.0. The molecule has 2 N–H and O–H groups in total. The number of aromatic nitrogens is 1. The average molecular weight is 510 g/mol. The first-order valence-electron chi connectivity index (χ1n) is 10.5. The van der Waals surface area contributed by atoms with E-state index in [1.165, 1.54) is 26.2 Å². The molecule has 3 rings (SSSR count). The zero-order valence-corrected chi connectivity index (χ0v) is 21.2. The summed E-state index contributed by atoms with van der Waals surface area (Å²) in [5, 5.41) is 0.636. The number of carbonyl (C=O) groups excluding carboxylic acids is 1. The van der Waals surface area contributed by atoms with Crippen LogP contribution in [0.3, 0.4) is 0 Å². The van der Waals surface area contributed by atoms with E-state index in [0.717, 1.165) is 10.00 Å². The summed E-state index contributed by atoms with van der Waals surface area (Å²) in [5.74, 6) is -0.845. The van der Waals surface area contributed by atoms with Gasteiger partial charge in [0.1, 0.15) is 5.83 Å². The Kier molecular flexibility index (Phi) is 9.02. The molecule has 0 radical (unpaired) electrons. The lowest BCUT2D eigenvalue weighted by Gasteiger charge is -2.12. The molecule has 0 bridgehead atoms. The van der Waals surface area contributed by atoms with Gasteiger partial charge in [-0.2, -0.15) is 0 Å². The molecular formula is C24H29ClFN3O4S.